The summed E-state index contributed by atoms with van der Waals surface area (Å²) < 4.78 is 27.4. The minimum Gasteiger partial charge on any atom is -0.384 e. The lowest BCUT2D eigenvalue weighted by molar-refractivity contribution is 0.350. The van der Waals surface area contributed by atoms with E-state index in [1.54, 1.807) is 7.05 Å². The smallest absolute Gasteiger partial charge is 0.282 e. The van der Waals surface area contributed by atoms with Crippen LogP contribution in [0.15, 0.2) is 24.3 Å². The Bertz CT molecular complexity index is 613. The fraction of sp³-hybridized carbons (Fsp3) is 0.467. The molecule has 1 rings (SSSR count). The van der Waals surface area contributed by atoms with Crippen LogP contribution in [-0.4, -0.2) is 48.9 Å². The van der Waals surface area contributed by atoms with Gasteiger partial charge in [0.2, 0.25) is 0 Å². The molecule has 0 saturated carbocycles. The van der Waals surface area contributed by atoms with Gasteiger partial charge >= 0.3 is 0 Å². The minimum absolute atomic E-state index is 0.194. The lowest BCUT2D eigenvalue weighted by Crippen LogP contribution is -2.41. The standard InChI is InChI=1S/C15H22N2O3S/c1-4-17(5-2)21(19,20)16(3)13-15-9-6-8-14(12-15)10-7-11-18/h6,8-9,12,18H,4-5,11,13H2,1-3H3. The van der Waals surface area contributed by atoms with E-state index in [4.69, 9.17) is 5.11 Å². The summed E-state index contributed by atoms with van der Waals surface area (Å²) >= 11 is 0. The van der Waals surface area contributed by atoms with Crippen LogP contribution in [0.2, 0.25) is 0 Å². The zero-order valence-electron chi connectivity index (χ0n) is 12.7. The molecule has 21 heavy (non-hydrogen) atoms. The molecule has 0 saturated heterocycles. The van der Waals surface area contributed by atoms with Gasteiger partial charge in [-0.1, -0.05) is 37.8 Å². The first kappa shape index (κ1) is 17.7. The molecule has 0 atom stereocenters. The Hall–Kier alpha value is -1.39. The molecule has 0 spiro atoms. The molecule has 0 amide bonds. The minimum atomic E-state index is -3.44. The van der Waals surface area contributed by atoms with E-state index in [1.807, 2.05) is 38.1 Å². The predicted octanol–water partition coefficient (Wildman–Crippen LogP) is 1.05. The van der Waals surface area contributed by atoms with Crippen molar-refractivity contribution in [1.29, 1.82) is 0 Å². The highest BCUT2D eigenvalue weighted by atomic mass is 32.2. The van der Waals surface area contributed by atoms with Crippen molar-refractivity contribution in [1.82, 2.24) is 8.61 Å². The molecule has 0 aliphatic heterocycles. The van der Waals surface area contributed by atoms with Crippen molar-refractivity contribution in [2.75, 3.05) is 26.7 Å². The highest BCUT2D eigenvalue weighted by Crippen LogP contribution is 2.12. The summed E-state index contributed by atoms with van der Waals surface area (Å²) in [6.45, 7) is 4.63. The van der Waals surface area contributed by atoms with Gasteiger partial charge in [0.25, 0.3) is 10.2 Å². The zero-order chi connectivity index (χ0) is 15.9. The van der Waals surface area contributed by atoms with Crippen LogP contribution in [0.4, 0.5) is 0 Å². The molecule has 0 aromatic heterocycles. The summed E-state index contributed by atoms with van der Waals surface area (Å²) in [4.78, 5) is 0. The number of benzene rings is 1. The summed E-state index contributed by atoms with van der Waals surface area (Å²) in [6.07, 6.45) is 0. The van der Waals surface area contributed by atoms with Crippen molar-refractivity contribution in [2.24, 2.45) is 0 Å². The molecule has 116 valence electrons. The first-order valence-corrected chi connectivity index (χ1v) is 8.25. The van der Waals surface area contributed by atoms with Gasteiger partial charge in [-0.2, -0.15) is 17.0 Å². The first-order chi connectivity index (χ1) is 9.95. The van der Waals surface area contributed by atoms with Gasteiger partial charge in [-0.3, -0.25) is 0 Å². The first-order valence-electron chi connectivity index (χ1n) is 6.85. The van der Waals surface area contributed by atoms with Gasteiger partial charge in [0, 0.05) is 32.2 Å². The van der Waals surface area contributed by atoms with Crippen molar-refractivity contribution in [2.45, 2.75) is 20.4 Å². The topological polar surface area (TPSA) is 60.9 Å². The summed E-state index contributed by atoms with van der Waals surface area (Å²) in [5.41, 5.74) is 1.62. The van der Waals surface area contributed by atoms with Crippen LogP contribution in [0.25, 0.3) is 0 Å². The van der Waals surface area contributed by atoms with Crippen molar-refractivity contribution >= 4 is 10.2 Å². The van der Waals surface area contributed by atoms with Crippen LogP contribution in [-0.2, 0) is 16.8 Å². The molecule has 1 N–H and O–H groups in total. The van der Waals surface area contributed by atoms with E-state index < -0.39 is 10.2 Å². The van der Waals surface area contributed by atoms with Gasteiger partial charge < -0.3 is 5.11 Å². The molecule has 0 unspecified atom stereocenters. The third-order valence-corrected chi connectivity index (χ3v) is 5.16. The Morgan fingerprint density at radius 2 is 1.90 bits per heavy atom. The Balaban J connectivity index is 2.90. The molecule has 5 nitrogen and oxygen atoms in total. The number of hydrogen-bond donors (Lipinski definition) is 1. The third kappa shape index (κ3) is 4.83. The maximum absolute atomic E-state index is 12.3. The Kier molecular flexibility index (Phi) is 6.85. The second kappa shape index (κ2) is 8.15. The Labute approximate surface area is 127 Å². The second-order valence-corrected chi connectivity index (χ2v) is 6.54. The molecule has 0 radical (unpaired) electrons. The quantitative estimate of drug-likeness (QED) is 0.799. The predicted molar refractivity (Wildman–Crippen MR) is 83.7 cm³/mol. The van der Waals surface area contributed by atoms with Gasteiger partial charge in [0.1, 0.15) is 6.61 Å². The third-order valence-electron chi connectivity index (χ3n) is 3.07. The van der Waals surface area contributed by atoms with Crippen LogP contribution in [0.3, 0.4) is 0 Å². The largest absolute Gasteiger partial charge is 0.384 e. The van der Waals surface area contributed by atoms with Crippen molar-refractivity contribution < 1.29 is 13.5 Å². The van der Waals surface area contributed by atoms with Gasteiger partial charge in [0.15, 0.2) is 0 Å². The van der Waals surface area contributed by atoms with Crippen LogP contribution in [0, 0.1) is 11.8 Å². The van der Waals surface area contributed by atoms with Crippen LogP contribution < -0.4 is 0 Å². The lowest BCUT2D eigenvalue weighted by atomic mass is 10.1. The molecule has 0 aliphatic carbocycles. The van der Waals surface area contributed by atoms with Gasteiger partial charge in [-0.05, 0) is 17.7 Å². The van der Waals surface area contributed by atoms with Crippen LogP contribution in [0.1, 0.15) is 25.0 Å². The molecule has 6 heteroatoms. The maximum Gasteiger partial charge on any atom is 0.282 e. The zero-order valence-corrected chi connectivity index (χ0v) is 13.5. The second-order valence-electron chi connectivity index (χ2n) is 4.51. The Morgan fingerprint density at radius 3 is 2.48 bits per heavy atom. The Morgan fingerprint density at radius 1 is 1.24 bits per heavy atom. The molecular formula is C15H22N2O3S. The number of aliphatic hydroxyl groups is 1. The fourth-order valence-electron chi connectivity index (χ4n) is 1.97. The number of aliphatic hydroxyl groups excluding tert-OH is 1. The van der Waals surface area contributed by atoms with Crippen LogP contribution >= 0.6 is 0 Å². The van der Waals surface area contributed by atoms with Crippen LogP contribution in [0.5, 0.6) is 0 Å². The van der Waals surface area contributed by atoms with E-state index >= 15 is 0 Å². The van der Waals surface area contributed by atoms with Gasteiger partial charge in [-0.15, -0.1) is 0 Å². The molecule has 1 aromatic carbocycles. The summed E-state index contributed by atoms with van der Waals surface area (Å²) in [5.74, 6) is 5.39. The number of hydrogen-bond acceptors (Lipinski definition) is 3. The van der Waals surface area contributed by atoms with Crippen molar-refractivity contribution in [3.05, 3.63) is 35.4 Å². The SMILES string of the molecule is CCN(CC)S(=O)(=O)N(C)Cc1cccc(C#CCO)c1. The number of rotatable bonds is 6. The van der Waals surface area contributed by atoms with Gasteiger partial charge in [-0.25, -0.2) is 0 Å². The molecule has 1 aromatic rings. The van der Waals surface area contributed by atoms with Crippen molar-refractivity contribution in [3.63, 3.8) is 0 Å². The van der Waals surface area contributed by atoms with E-state index in [0.29, 0.717) is 13.1 Å². The van der Waals surface area contributed by atoms with E-state index in [0.717, 1.165) is 11.1 Å². The number of nitrogens with zero attached hydrogens (tertiary/aromatic N) is 2. The van der Waals surface area contributed by atoms with E-state index in [9.17, 15) is 8.42 Å². The summed E-state index contributed by atoms with van der Waals surface area (Å²) in [5, 5.41) is 8.70. The molecular weight excluding hydrogens is 288 g/mol. The molecule has 0 fully saturated rings. The highest BCUT2D eigenvalue weighted by molar-refractivity contribution is 7.86. The molecule has 0 bridgehead atoms. The average molecular weight is 310 g/mol. The maximum atomic E-state index is 12.3. The lowest BCUT2D eigenvalue weighted by Gasteiger charge is -2.25. The van der Waals surface area contributed by atoms with E-state index in [2.05, 4.69) is 11.8 Å². The molecule has 0 heterocycles. The molecule has 0 aliphatic rings. The average Bonchev–Trinajstić information content (AvgIpc) is 2.46. The monoisotopic (exact) mass is 310 g/mol. The summed E-state index contributed by atoms with van der Waals surface area (Å²) in [6, 6.07) is 7.34. The van der Waals surface area contributed by atoms with Gasteiger partial charge in [0.05, 0.1) is 0 Å². The van der Waals surface area contributed by atoms with Crippen molar-refractivity contribution in [3.8, 4) is 11.8 Å². The fourth-order valence-corrected chi connectivity index (χ4v) is 3.33. The summed E-state index contributed by atoms with van der Waals surface area (Å²) in [7, 11) is -1.87. The highest BCUT2D eigenvalue weighted by Gasteiger charge is 2.24. The normalized spacial score (nSPS) is 11.5. The van der Waals surface area contributed by atoms with E-state index in [-0.39, 0.29) is 13.2 Å². The van der Waals surface area contributed by atoms with E-state index in [1.165, 1.54) is 8.61 Å².